The van der Waals surface area contributed by atoms with Gasteiger partial charge in [-0.25, -0.2) is 13.4 Å². The van der Waals surface area contributed by atoms with Crippen molar-refractivity contribution < 1.29 is 13.2 Å². The molecule has 32 heavy (non-hydrogen) atoms. The maximum atomic E-state index is 13.6. The van der Waals surface area contributed by atoms with Crippen molar-refractivity contribution in [1.82, 2.24) is 14.8 Å². The molecule has 0 N–H and O–H groups in total. The second-order valence-corrected chi connectivity index (χ2v) is 11.1. The Balaban J connectivity index is 1.40. The van der Waals surface area contributed by atoms with Gasteiger partial charge in [0.2, 0.25) is 0 Å². The van der Waals surface area contributed by atoms with Crippen LogP contribution in [-0.4, -0.2) is 72.8 Å². The van der Waals surface area contributed by atoms with E-state index in [9.17, 15) is 13.2 Å². The molecule has 2 fully saturated rings. The number of hydrogen-bond donors (Lipinski definition) is 0. The minimum absolute atomic E-state index is 0.00987. The zero-order valence-electron chi connectivity index (χ0n) is 18.2. The smallest absolute Gasteiger partial charge is 0.254 e. The molecule has 1 amide bonds. The molecule has 2 aliphatic rings. The summed E-state index contributed by atoms with van der Waals surface area (Å²) < 4.78 is 23.7. The number of para-hydroxylation sites is 1. The van der Waals surface area contributed by atoms with Crippen LogP contribution in [0.3, 0.4) is 0 Å². The Morgan fingerprint density at radius 3 is 2.41 bits per heavy atom. The minimum atomic E-state index is -2.91. The van der Waals surface area contributed by atoms with Crippen molar-refractivity contribution in [3.63, 3.8) is 0 Å². The molecule has 0 bridgehead atoms. The first-order chi connectivity index (χ1) is 15.4. The lowest BCUT2D eigenvalue weighted by Crippen LogP contribution is -2.52. The summed E-state index contributed by atoms with van der Waals surface area (Å²) in [4.78, 5) is 22.5. The Labute approximate surface area is 188 Å². The van der Waals surface area contributed by atoms with E-state index in [1.807, 2.05) is 54.3 Å². The summed E-state index contributed by atoms with van der Waals surface area (Å²) >= 11 is 0. The van der Waals surface area contributed by atoms with Crippen molar-refractivity contribution in [2.24, 2.45) is 0 Å². The molecule has 1 aromatic heterocycles. The Morgan fingerprint density at radius 1 is 1.00 bits per heavy atom. The lowest BCUT2D eigenvalue weighted by atomic mass is 10.0. The molecule has 5 rings (SSSR count). The maximum absolute atomic E-state index is 13.6. The lowest BCUT2D eigenvalue weighted by Gasteiger charge is -2.37. The summed E-state index contributed by atoms with van der Waals surface area (Å²) in [6, 6.07) is 18.0. The molecular weight excluding hydrogens is 422 g/mol. The van der Waals surface area contributed by atoms with Crippen molar-refractivity contribution in [3.05, 3.63) is 65.7 Å². The van der Waals surface area contributed by atoms with Crippen LogP contribution in [0.2, 0.25) is 0 Å². The SMILES string of the molecule is Cc1ccc(-c2cc(C(=O)N3CCN([C@@H]4CCS(=O)(=O)C4)CC3)c3ccccc3n2)cc1. The zero-order chi connectivity index (χ0) is 22.3. The van der Waals surface area contributed by atoms with Gasteiger partial charge in [-0.05, 0) is 25.5 Å². The maximum Gasteiger partial charge on any atom is 0.254 e. The normalized spacial score (nSPS) is 21.2. The predicted octanol–water partition coefficient (Wildman–Crippen LogP) is 3.16. The molecule has 6 nitrogen and oxygen atoms in total. The van der Waals surface area contributed by atoms with Crippen LogP contribution in [0.25, 0.3) is 22.2 Å². The molecule has 166 valence electrons. The van der Waals surface area contributed by atoms with E-state index in [0.717, 1.165) is 22.2 Å². The van der Waals surface area contributed by atoms with Gasteiger partial charge >= 0.3 is 0 Å². The van der Waals surface area contributed by atoms with Crippen LogP contribution >= 0.6 is 0 Å². The van der Waals surface area contributed by atoms with Crippen molar-refractivity contribution in [1.29, 1.82) is 0 Å². The van der Waals surface area contributed by atoms with Crippen LogP contribution in [0.4, 0.5) is 0 Å². The third-order valence-electron chi connectivity index (χ3n) is 6.62. The van der Waals surface area contributed by atoms with Gasteiger partial charge in [0, 0.05) is 43.2 Å². The number of fused-ring (bicyclic) bond motifs is 1. The van der Waals surface area contributed by atoms with E-state index < -0.39 is 9.84 Å². The van der Waals surface area contributed by atoms with Crippen molar-refractivity contribution >= 4 is 26.6 Å². The average molecular weight is 450 g/mol. The van der Waals surface area contributed by atoms with Crippen LogP contribution < -0.4 is 0 Å². The van der Waals surface area contributed by atoms with E-state index >= 15 is 0 Å². The third kappa shape index (κ3) is 4.14. The molecule has 3 aromatic rings. The number of sulfone groups is 1. The monoisotopic (exact) mass is 449 g/mol. The number of aryl methyl sites for hydroxylation is 1. The predicted molar refractivity (Wildman–Crippen MR) is 126 cm³/mol. The zero-order valence-corrected chi connectivity index (χ0v) is 19.0. The number of pyridine rings is 1. The van der Waals surface area contributed by atoms with Gasteiger partial charge in [-0.15, -0.1) is 0 Å². The number of amides is 1. The van der Waals surface area contributed by atoms with Crippen LogP contribution in [-0.2, 0) is 9.84 Å². The molecule has 2 aromatic carbocycles. The van der Waals surface area contributed by atoms with Gasteiger partial charge < -0.3 is 4.90 Å². The van der Waals surface area contributed by atoms with E-state index in [0.29, 0.717) is 38.2 Å². The first-order valence-electron chi connectivity index (χ1n) is 11.1. The lowest BCUT2D eigenvalue weighted by molar-refractivity contribution is 0.0589. The minimum Gasteiger partial charge on any atom is -0.336 e. The number of piperazine rings is 1. The first kappa shape index (κ1) is 21.1. The van der Waals surface area contributed by atoms with Crippen LogP contribution in [0.15, 0.2) is 54.6 Å². The molecule has 7 heteroatoms. The average Bonchev–Trinajstić information content (AvgIpc) is 3.18. The first-order valence-corrected chi connectivity index (χ1v) is 12.9. The van der Waals surface area contributed by atoms with Gasteiger partial charge in [-0.3, -0.25) is 9.69 Å². The Hall–Kier alpha value is -2.77. The number of carbonyl (C=O) groups is 1. The highest BCUT2D eigenvalue weighted by molar-refractivity contribution is 7.91. The number of aromatic nitrogens is 1. The molecular formula is C25H27N3O3S. The fourth-order valence-electron chi connectivity index (χ4n) is 4.75. The highest BCUT2D eigenvalue weighted by atomic mass is 32.2. The van der Waals surface area contributed by atoms with E-state index in [1.165, 1.54) is 5.56 Å². The van der Waals surface area contributed by atoms with E-state index in [4.69, 9.17) is 4.98 Å². The molecule has 0 spiro atoms. The summed E-state index contributed by atoms with van der Waals surface area (Å²) in [7, 11) is -2.91. The standard InChI is InChI=1S/C25H27N3O3S/c1-18-6-8-19(9-7-18)24-16-22(21-4-2-3-5-23(21)26-24)25(29)28-13-11-27(12-14-28)20-10-15-32(30,31)17-20/h2-9,16,20H,10-15,17H2,1H3/t20-/m1/s1. The summed E-state index contributed by atoms with van der Waals surface area (Å²) in [5.41, 5.74) is 4.44. The van der Waals surface area contributed by atoms with Crippen molar-refractivity contribution in [3.8, 4) is 11.3 Å². The molecule has 0 aliphatic carbocycles. The number of benzene rings is 2. The van der Waals surface area contributed by atoms with Crippen LogP contribution in [0.5, 0.6) is 0 Å². The molecule has 3 heterocycles. The van der Waals surface area contributed by atoms with Crippen LogP contribution in [0, 0.1) is 6.92 Å². The van der Waals surface area contributed by atoms with Gasteiger partial charge in [0.1, 0.15) is 0 Å². The second kappa shape index (κ2) is 8.30. The fraction of sp³-hybridized carbons (Fsp3) is 0.360. The summed E-state index contributed by atoms with van der Waals surface area (Å²) in [5, 5.41) is 0.859. The molecule has 0 radical (unpaired) electrons. The number of carbonyl (C=O) groups excluding carboxylic acids is 1. The summed E-state index contributed by atoms with van der Waals surface area (Å²) in [6.07, 6.45) is 0.700. The molecule has 1 atom stereocenters. The Bertz CT molecular complexity index is 1260. The van der Waals surface area contributed by atoms with E-state index in [2.05, 4.69) is 17.0 Å². The largest absolute Gasteiger partial charge is 0.336 e. The van der Waals surface area contributed by atoms with Crippen LogP contribution in [0.1, 0.15) is 22.3 Å². The topological polar surface area (TPSA) is 70.6 Å². The van der Waals surface area contributed by atoms with Crippen molar-refractivity contribution in [2.75, 3.05) is 37.7 Å². The van der Waals surface area contributed by atoms with Gasteiger partial charge in [0.25, 0.3) is 5.91 Å². The van der Waals surface area contributed by atoms with E-state index in [-0.39, 0.29) is 23.5 Å². The summed E-state index contributed by atoms with van der Waals surface area (Å²) in [5.74, 6) is 0.535. The van der Waals surface area contributed by atoms with Gasteiger partial charge in [-0.1, -0.05) is 48.0 Å². The number of hydrogen-bond acceptors (Lipinski definition) is 5. The quantitative estimate of drug-likeness (QED) is 0.614. The molecule has 0 unspecified atom stereocenters. The molecule has 2 aliphatic heterocycles. The highest BCUT2D eigenvalue weighted by Gasteiger charge is 2.34. The number of rotatable bonds is 3. The van der Waals surface area contributed by atoms with Gasteiger partial charge in [-0.2, -0.15) is 0 Å². The molecule has 2 saturated heterocycles. The third-order valence-corrected chi connectivity index (χ3v) is 8.37. The van der Waals surface area contributed by atoms with Crippen molar-refractivity contribution in [2.45, 2.75) is 19.4 Å². The van der Waals surface area contributed by atoms with E-state index in [1.54, 1.807) is 0 Å². The fourth-order valence-corrected chi connectivity index (χ4v) is 6.51. The Morgan fingerprint density at radius 2 is 1.72 bits per heavy atom. The molecule has 0 saturated carbocycles. The Kier molecular flexibility index (Phi) is 5.47. The highest BCUT2D eigenvalue weighted by Crippen LogP contribution is 2.27. The second-order valence-electron chi connectivity index (χ2n) is 8.82. The summed E-state index contributed by atoms with van der Waals surface area (Å²) in [6.45, 7) is 4.67. The van der Waals surface area contributed by atoms with Gasteiger partial charge in [0.15, 0.2) is 9.84 Å². The van der Waals surface area contributed by atoms with Gasteiger partial charge in [0.05, 0.1) is 28.3 Å². The number of nitrogens with zero attached hydrogens (tertiary/aromatic N) is 3.